The van der Waals surface area contributed by atoms with Gasteiger partial charge in [0, 0.05) is 65.7 Å². The van der Waals surface area contributed by atoms with Crippen molar-refractivity contribution in [1.82, 2.24) is 29.9 Å². The van der Waals surface area contributed by atoms with Gasteiger partial charge in [0.1, 0.15) is 78.1 Å². The molecule has 0 unspecified atom stereocenters. The van der Waals surface area contributed by atoms with E-state index in [1.807, 2.05) is 243 Å². The topological polar surface area (TPSA) is 165 Å². The SMILES string of the molecule is c1ccc2c(c1)oc1ccc(-c3cc(Oc4cc(-c5ccc6oc7ccccc7c6n5)c(-c5ccc6oc7ccccc7c6n5)c(-c5ccc6oc7ccccc7c6n5)c4)cc(-c4ccc5oc6ccccc6c5n4)c3-c3ccc4oc5ccccc5c4n3)nc12. The van der Waals surface area contributed by atoms with Crippen LogP contribution in [-0.2, 0) is 0 Å². The van der Waals surface area contributed by atoms with Crippen molar-refractivity contribution in [3.63, 3.8) is 0 Å². The van der Waals surface area contributed by atoms with Crippen LogP contribution in [0.2, 0.25) is 0 Å². The van der Waals surface area contributed by atoms with Gasteiger partial charge in [-0.15, -0.1) is 0 Å². The number of furan rings is 6. The number of nitrogens with zero attached hydrogens (tertiary/aromatic N) is 6. The van der Waals surface area contributed by atoms with E-state index in [4.69, 9.17) is 61.1 Å². The first kappa shape index (κ1) is 49.4. The van der Waals surface area contributed by atoms with Crippen LogP contribution >= 0.6 is 0 Å². The van der Waals surface area contributed by atoms with Gasteiger partial charge in [-0.1, -0.05) is 72.8 Å². The molecule has 0 aliphatic carbocycles. The molecule has 8 aromatic carbocycles. The van der Waals surface area contributed by atoms with Crippen molar-refractivity contribution < 1.29 is 31.2 Å². The van der Waals surface area contributed by atoms with E-state index in [9.17, 15) is 0 Å². The van der Waals surface area contributed by atoms with Crippen molar-refractivity contribution >= 4 is 132 Å². The molecule has 20 aromatic rings. The van der Waals surface area contributed by atoms with Crippen LogP contribution < -0.4 is 4.74 Å². The summed E-state index contributed by atoms with van der Waals surface area (Å²) in [6, 6.07) is 79.7. The van der Waals surface area contributed by atoms with Gasteiger partial charge in [-0.25, -0.2) is 29.9 Å². The lowest BCUT2D eigenvalue weighted by Crippen LogP contribution is -1.99. The minimum atomic E-state index is 0.476. The molecule has 0 aliphatic heterocycles. The van der Waals surface area contributed by atoms with Gasteiger partial charge < -0.3 is 31.2 Å². The molecule has 0 N–H and O–H groups in total. The fraction of sp³-hybridized carbons (Fsp3) is 0. The predicted molar refractivity (Wildman–Crippen MR) is 356 cm³/mol. The molecule has 13 nitrogen and oxygen atoms in total. The largest absolute Gasteiger partial charge is 0.457 e. The number of rotatable bonds is 8. The second kappa shape index (κ2) is 18.9. The smallest absolute Gasteiger partial charge is 0.153 e. The van der Waals surface area contributed by atoms with Crippen LogP contribution in [-0.4, -0.2) is 29.9 Å². The average molecular weight is 1170 g/mol. The van der Waals surface area contributed by atoms with Gasteiger partial charge in [-0.05, 0) is 170 Å². The van der Waals surface area contributed by atoms with Crippen molar-refractivity contribution in [2.75, 3.05) is 0 Å². The van der Waals surface area contributed by atoms with Crippen LogP contribution in [0.5, 0.6) is 11.5 Å². The third-order valence-electron chi connectivity index (χ3n) is 17.4. The summed E-state index contributed by atoms with van der Waals surface area (Å²) in [5, 5.41) is 5.33. The Hall–Kier alpha value is -12.7. The van der Waals surface area contributed by atoms with Gasteiger partial charge in [0.25, 0.3) is 0 Å². The first-order valence-corrected chi connectivity index (χ1v) is 29.8. The maximum atomic E-state index is 7.55. The Morgan fingerprint density at radius 3 is 0.626 bits per heavy atom. The Kier molecular flexibility index (Phi) is 10.2. The van der Waals surface area contributed by atoms with E-state index in [0.717, 1.165) is 110 Å². The summed E-state index contributed by atoms with van der Waals surface area (Å²) in [7, 11) is 0. The molecule has 91 heavy (non-hydrogen) atoms. The Morgan fingerprint density at radius 2 is 0.396 bits per heavy atom. The minimum Gasteiger partial charge on any atom is -0.457 e. The van der Waals surface area contributed by atoms with Crippen molar-refractivity contribution in [2.45, 2.75) is 0 Å². The highest BCUT2D eigenvalue weighted by Gasteiger charge is 2.27. The quantitative estimate of drug-likeness (QED) is 0.141. The molecule has 12 aromatic heterocycles. The summed E-state index contributed by atoms with van der Waals surface area (Å²) in [5.74, 6) is 0.952. The molecular formula is C78H40N6O7. The van der Waals surface area contributed by atoms with E-state index in [0.29, 0.717) is 101 Å². The van der Waals surface area contributed by atoms with Crippen LogP contribution in [0.3, 0.4) is 0 Å². The van der Waals surface area contributed by atoms with Crippen molar-refractivity contribution in [2.24, 2.45) is 0 Å². The zero-order chi connectivity index (χ0) is 59.4. The lowest BCUT2D eigenvalue weighted by atomic mass is 9.91. The lowest BCUT2D eigenvalue weighted by molar-refractivity contribution is 0.483. The Balaban J connectivity index is 0.879. The van der Waals surface area contributed by atoms with E-state index < -0.39 is 0 Å². The van der Waals surface area contributed by atoms with Crippen LogP contribution in [0, 0.1) is 0 Å². The molecule has 0 bridgehead atoms. The van der Waals surface area contributed by atoms with Gasteiger partial charge in [0.2, 0.25) is 0 Å². The second-order valence-electron chi connectivity index (χ2n) is 22.7. The predicted octanol–water partition coefficient (Wildman–Crippen LogP) is 21.2. The van der Waals surface area contributed by atoms with Crippen LogP contribution in [0.15, 0.2) is 269 Å². The van der Waals surface area contributed by atoms with Crippen molar-refractivity contribution in [3.8, 4) is 79.0 Å². The molecule has 20 rings (SSSR count). The highest BCUT2D eigenvalue weighted by atomic mass is 16.5. The normalized spacial score (nSPS) is 12.2. The third kappa shape index (κ3) is 7.64. The number of hydrogen-bond acceptors (Lipinski definition) is 13. The third-order valence-corrected chi connectivity index (χ3v) is 17.4. The Bertz CT molecular complexity index is 5820. The molecule has 0 spiro atoms. The molecule has 0 aliphatic rings. The van der Waals surface area contributed by atoms with Gasteiger partial charge in [-0.2, -0.15) is 0 Å². The number of fused-ring (bicyclic) bond motifs is 18. The summed E-state index contributed by atoms with van der Waals surface area (Å²) in [5.41, 5.74) is 21.0. The van der Waals surface area contributed by atoms with Gasteiger partial charge in [-0.3, -0.25) is 0 Å². The maximum absolute atomic E-state index is 7.55. The summed E-state index contributed by atoms with van der Waals surface area (Å²) in [6.07, 6.45) is 0. The number of aromatic nitrogens is 6. The van der Waals surface area contributed by atoms with Gasteiger partial charge in [0.05, 0.1) is 34.2 Å². The molecule has 424 valence electrons. The van der Waals surface area contributed by atoms with Crippen LogP contribution in [0.25, 0.3) is 200 Å². The van der Waals surface area contributed by atoms with E-state index in [1.54, 1.807) is 0 Å². The molecule has 0 saturated heterocycles. The summed E-state index contributed by atoms with van der Waals surface area (Å²) in [4.78, 5) is 32.9. The number of para-hydroxylation sites is 6. The molecule has 0 saturated carbocycles. The minimum absolute atomic E-state index is 0.476. The highest BCUT2D eigenvalue weighted by Crippen LogP contribution is 2.49. The monoisotopic (exact) mass is 1170 g/mol. The van der Waals surface area contributed by atoms with Gasteiger partial charge in [0.15, 0.2) is 33.5 Å². The molecule has 0 atom stereocenters. The summed E-state index contributed by atoms with van der Waals surface area (Å²) >= 11 is 0. The maximum Gasteiger partial charge on any atom is 0.153 e. The highest BCUT2D eigenvalue weighted by molar-refractivity contribution is 6.10. The zero-order valence-electron chi connectivity index (χ0n) is 47.6. The number of ether oxygens (including phenoxy) is 1. The van der Waals surface area contributed by atoms with E-state index in [2.05, 4.69) is 0 Å². The molecular weight excluding hydrogens is 1130 g/mol. The standard InChI is InChI=1S/C78H40N6O7/c1-7-19-59-43(13-1)73-65(86-59)31-25-53(79-73)49-37-41(38-50(54-26-32-66-74(80-54)44-14-2-8-20-60(44)87-66)71(49)57-29-35-69-77(83-57)47-17-5-11-23-63(47)90-69)85-42-39-51(55-27-33-67-75(81-55)45-15-3-9-21-61(45)88-67)72(58-30-36-70-78(84-58)48-18-6-12-24-64(48)91-70)52(40-42)56-28-34-68-76(82-56)46-16-4-10-22-62(46)89-68/h1-40H. The molecule has 0 radical (unpaired) electrons. The Labute approximate surface area is 512 Å². The van der Waals surface area contributed by atoms with Crippen molar-refractivity contribution in [3.05, 3.63) is 243 Å². The second-order valence-corrected chi connectivity index (χ2v) is 22.7. The number of benzene rings is 8. The Morgan fingerprint density at radius 1 is 0.198 bits per heavy atom. The fourth-order valence-corrected chi connectivity index (χ4v) is 13.3. The van der Waals surface area contributed by atoms with E-state index >= 15 is 0 Å². The fourth-order valence-electron chi connectivity index (χ4n) is 13.3. The van der Waals surface area contributed by atoms with Crippen LogP contribution in [0.1, 0.15) is 0 Å². The van der Waals surface area contributed by atoms with Crippen molar-refractivity contribution in [1.29, 1.82) is 0 Å². The average Bonchev–Trinajstić information content (AvgIpc) is 1.84. The molecule has 12 heterocycles. The zero-order valence-corrected chi connectivity index (χ0v) is 47.6. The summed E-state index contributed by atoms with van der Waals surface area (Å²) < 4.78 is 45.9. The van der Waals surface area contributed by atoms with E-state index in [1.165, 1.54) is 0 Å². The molecule has 0 fully saturated rings. The number of hydrogen-bond donors (Lipinski definition) is 0. The van der Waals surface area contributed by atoms with E-state index in [-0.39, 0.29) is 0 Å². The molecule has 0 amide bonds. The first-order chi connectivity index (χ1) is 45.0. The summed E-state index contributed by atoms with van der Waals surface area (Å²) in [6.45, 7) is 0. The van der Waals surface area contributed by atoms with Crippen LogP contribution in [0.4, 0.5) is 0 Å². The molecule has 13 heteroatoms. The number of pyridine rings is 6. The van der Waals surface area contributed by atoms with Gasteiger partial charge >= 0.3 is 0 Å². The lowest BCUT2D eigenvalue weighted by Gasteiger charge is -2.20. The first-order valence-electron chi connectivity index (χ1n) is 29.8.